The van der Waals surface area contributed by atoms with Crippen molar-refractivity contribution in [3.8, 4) is 5.75 Å². The largest absolute Gasteiger partial charge is 0.497 e. The van der Waals surface area contributed by atoms with Gasteiger partial charge in [0.15, 0.2) is 0 Å². The predicted molar refractivity (Wildman–Crippen MR) is 130 cm³/mol. The van der Waals surface area contributed by atoms with Gasteiger partial charge in [0, 0.05) is 59.0 Å². The third kappa shape index (κ3) is 3.91. The highest BCUT2D eigenvalue weighted by Crippen LogP contribution is 2.27. The molecule has 0 fully saturated rings. The fraction of sp³-hybridized carbons (Fsp3) is 0.231. The minimum Gasteiger partial charge on any atom is -0.497 e. The quantitative estimate of drug-likeness (QED) is 0.351. The number of nitrogens with zero attached hydrogens (tertiary/aromatic N) is 3. The Morgan fingerprint density at radius 3 is 2.75 bits per heavy atom. The first kappa shape index (κ1) is 20.1. The van der Waals surface area contributed by atoms with Crippen molar-refractivity contribution in [2.75, 3.05) is 19.1 Å². The molecule has 2 aromatic carbocycles. The van der Waals surface area contributed by atoms with E-state index in [0.717, 1.165) is 59.1 Å². The SMILES string of the molecule is COc1ccc2[nH]cc(CCCc3nccc(N(C)c4ccc5[nH]c(C)cc5c4)n3)c2c1. The van der Waals surface area contributed by atoms with E-state index in [1.54, 1.807) is 7.11 Å². The van der Waals surface area contributed by atoms with Gasteiger partial charge in [-0.05, 0) is 73.9 Å². The number of hydrogen-bond acceptors (Lipinski definition) is 4. The molecule has 0 unspecified atom stereocenters. The van der Waals surface area contributed by atoms with Gasteiger partial charge in [-0.2, -0.15) is 0 Å². The van der Waals surface area contributed by atoms with Crippen molar-refractivity contribution in [1.29, 1.82) is 0 Å². The maximum Gasteiger partial charge on any atom is 0.136 e. The first-order chi connectivity index (χ1) is 15.6. The zero-order valence-electron chi connectivity index (χ0n) is 18.6. The number of H-pyrrole nitrogens is 2. The van der Waals surface area contributed by atoms with Crippen LogP contribution >= 0.6 is 0 Å². The van der Waals surface area contributed by atoms with Crippen LogP contribution in [-0.4, -0.2) is 34.1 Å². The Bertz CT molecular complexity index is 1380. The Balaban J connectivity index is 1.28. The van der Waals surface area contributed by atoms with Crippen LogP contribution in [0.3, 0.4) is 0 Å². The van der Waals surface area contributed by atoms with Gasteiger partial charge in [-0.1, -0.05) is 0 Å². The van der Waals surface area contributed by atoms with E-state index in [4.69, 9.17) is 9.72 Å². The number of hydrogen-bond donors (Lipinski definition) is 2. The van der Waals surface area contributed by atoms with Crippen molar-refractivity contribution in [1.82, 2.24) is 19.9 Å². The number of ether oxygens (including phenoxy) is 1. The minimum atomic E-state index is 0.828. The molecule has 6 nitrogen and oxygen atoms in total. The number of aromatic amines is 2. The summed E-state index contributed by atoms with van der Waals surface area (Å²) in [6, 6.07) is 16.7. The number of nitrogens with one attached hydrogen (secondary N) is 2. The standard InChI is InChI=1S/C26H27N5O/c1-17-13-19-14-20(7-9-23(19)29-17)31(2)26-11-12-27-25(30-26)6-4-5-18-16-28-24-10-8-21(32-3)15-22(18)24/h7-16,28-29H,4-6H2,1-3H3. The molecule has 0 aliphatic heterocycles. The Kier molecular flexibility index (Phi) is 5.27. The molecule has 0 atom stereocenters. The average Bonchev–Trinajstić information content (AvgIpc) is 3.40. The van der Waals surface area contributed by atoms with Crippen molar-refractivity contribution in [3.05, 3.63) is 78.0 Å². The molecule has 5 rings (SSSR count). The lowest BCUT2D eigenvalue weighted by Gasteiger charge is -2.19. The molecule has 32 heavy (non-hydrogen) atoms. The summed E-state index contributed by atoms with van der Waals surface area (Å²) < 4.78 is 5.38. The van der Waals surface area contributed by atoms with Gasteiger partial charge in [0.05, 0.1) is 7.11 Å². The number of rotatable bonds is 7. The first-order valence-corrected chi connectivity index (χ1v) is 10.9. The lowest BCUT2D eigenvalue weighted by Crippen LogP contribution is -2.12. The van der Waals surface area contributed by atoms with E-state index in [1.165, 1.54) is 16.3 Å². The Morgan fingerprint density at radius 2 is 1.88 bits per heavy atom. The number of aromatic nitrogens is 4. The third-order valence-electron chi connectivity index (χ3n) is 5.98. The molecule has 0 aliphatic carbocycles. The van der Waals surface area contributed by atoms with Gasteiger partial charge in [0.25, 0.3) is 0 Å². The van der Waals surface area contributed by atoms with E-state index < -0.39 is 0 Å². The van der Waals surface area contributed by atoms with Gasteiger partial charge in [-0.3, -0.25) is 0 Å². The lowest BCUT2D eigenvalue weighted by atomic mass is 10.1. The number of aryl methyl sites for hydroxylation is 3. The fourth-order valence-corrected chi connectivity index (χ4v) is 4.23. The molecule has 2 N–H and O–H groups in total. The van der Waals surface area contributed by atoms with Gasteiger partial charge in [0.1, 0.15) is 17.4 Å². The summed E-state index contributed by atoms with van der Waals surface area (Å²) in [6.45, 7) is 2.08. The molecule has 0 spiro atoms. The topological polar surface area (TPSA) is 69.8 Å². The van der Waals surface area contributed by atoms with Gasteiger partial charge in [0.2, 0.25) is 0 Å². The van der Waals surface area contributed by atoms with Crippen LogP contribution in [0.15, 0.2) is 60.9 Å². The van der Waals surface area contributed by atoms with Crippen LogP contribution in [0, 0.1) is 6.92 Å². The van der Waals surface area contributed by atoms with Crippen molar-refractivity contribution < 1.29 is 4.74 Å². The minimum absolute atomic E-state index is 0.828. The van der Waals surface area contributed by atoms with Crippen LogP contribution in [0.5, 0.6) is 5.75 Å². The zero-order chi connectivity index (χ0) is 22.1. The molecule has 0 aliphatic rings. The second kappa shape index (κ2) is 8.38. The van der Waals surface area contributed by atoms with Crippen LogP contribution in [0.2, 0.25) is 0 Å². The van der Waals surface area contributed by atoms with Gasteiger partial charge >= 0.3 is 0 Å². The summed E-state index contributed by atoms with van der Waals surface area (Å²) in [4.78, 5) is 18.2. The molecule has 0 saturated carbocycles. The lowest BCUT2D eigenvalue weighted by molar-refractivity contribution is 0.415. The maximum atomic E-state index is 5.38. The van der Waals surface area contributed by atoms with E-state index in [1.807, 2.05) is 25.4 Å². The highest BCUT2D eigenvalue weighted by molar-refractivity contribution is 5.85. The Morgan fingerprint density at radius 1 is 1.00 bits per heavy atom. The molecule has 5 aromatic rings. The fourth-order valence-electron chi connectivity index (χ4n) is 4.23. The molecule has 0 saturated heterocycles. The van der Waals surface area contributed by atoms with E-state index in [0.29, 0.717) is 0 Å². The number of anilines is 2. The molecule has 162 valence electrons. The number of fused-ring (bicyclic) bond motifs is 2. The van der Waals surface area contributed by atoms with E-state index in [-0.39, 0.29) is 0 Å². The highest BCUT2D eigenvalue weighted by atomic mass is 16.5. The first-order valence-electron chi connectivity index (χ1n) is 10.9. The normalized spacial score (nSPS) is 11.3. The highest BCUT2D eigenvalue weighted by Gasteiger charge is 2.10. The average molecular weight is 426 g/mol. The van der Waals surface area contributed by atoms with Crippen LogP contribution in [0.4, 0.5) is 11.5 Å². The van der Waals surface area contributed by atoms with Crippen LogP contribution in [0.25, 0.3) is 21.8 Å². The van der Waals surface area contributed by atoms with E-state index in [9.17, 15) is 0 Å². The van der Waals surface area contributed by atoms with Gasteiger partial charge in [-0.25, -0.2) is 9.97 Å². The van der Waals surface area contributed by atoms with Crippen LogP contribution < -0.4 is 9.64 Å². The third-order valence-corrected chi connectivity index (χ3v) is 5.98. The molecule has 3 aromatic heterocycles. The predicted octanol–water partition coefficient (Wildman–Crippen LogP) is 5.70. The summed E-state index contributed by atoms with van der Waals surface area (Å²) in [5.41, 5.74) is 5.85. The molecule has 3 heterocycles. The zero-order valence-corrected chi connectivity index (χ0v) is 18.6. The smallest absolute Gasteiger partial charge is 0.136 e. The maximum absolute atomic E-state index is 5.38. The molecule has 0 amide bonds. The summed E-state index contributed by atoms with van der Waals surface area (Å²) in [5, 5.41) is 2.42. The van der Waals surface area contributed by atoms with E-state index in [2.05, 4.69) is 69.4 Å². The number of benzene rings is 2. The van der Waals surface area contributed by atoms with Crippen LogP contribution in [0.1, 0.15) is 23.5 Å². The molecule has 6 heteroatoms. The molecular weight excluding hydrogens is 398 g/mol. The molecule has 0 bridgehead atoms. The second-order valence-electron chi connectivity index (χ2n) is 8.19. The summed E-state index contributed by atoms with van der Waals surface area (Å²) in [6.07, 6.45) is 6.71. The van der Waals surface area contributed by atoms with Crippen molar-refractivity contribution in [3.63, 3.8) is 0 Å². The van der Waals surface area contributed by atoms with Gasteiger partial charge < -0.3 is 19.6 Å². The van der Waals surface area contributed by atoms with Crippen molar-refractivity contribution >= 4 is 33.3 Å². The van der Waals surface area contributed by atoms with Crippen LogP contribution in [-0.2, 0) is 12.8 Å². The Hall–Kier alpha value is -3.80. The van der Waals surface area contributed by atoms with Crippen molar-refractivity contribution in [2.45, 2.75) is 26.2 Å². The molecular formula is C26H27N5O. The van der Waals surface area contributed by atoms with Gasteiger partial charge in [-0.15, -0.1) is 0 Å². The second-order valence-corrected chi connectivity index (χ2v) is 8.19. The Labute approximate surface area is 187 Å². The monoisotopic (exact) mass is 425 g/mol. The molecule has 0 radical (unpaired) electrons. The summed E-state index contributed by atoms with van der Waals surface area (Å²) >= 11 is 0. The number of methoxy groups -OCH3 is 1. The summed E-state index contributed by atoms with van der Waals surface area (Å²) in [5.74, 6) is 2.65. The van der Waals surface area contributed by atoms with Crippen molar-refractivity contribution in [2.24, 2.45) is 0 Å². The summed E-state index contributed by atoms with van der Waals surface area (Å²) in [7, 11) is 3.75. The van der Waals surface area contributed by atoms with E-state index >= 15 is 0 Å².